The Hall–Kier alpha value is -1.75. The molecular weight excluding hydrogens is 263 g/mol. The van der Waals surface area contributed by atoms with Gasteiger partial charge in [0.25, 0.3) is 0 Å². The molecule has 0 atom stereocenters. The van der Waals surface area contributed by atoms with Crippen LogP contribution in [0, 0.1) is 11.7 Å². The van der Waals surface area contributed by atoms with Gasteiger partial charge < -0.3 is 9.84 Å². The fourth-order valence-electron chi connectivity index (χ4n) is 2.39. The van der Waals surface area contributed by atoms with Crippen LogP contribution in [0.4, 0.5) is 4.39 Å². The molecule has 5 heteroatoms. The lowest BCUT2D eigenvalue weighted by molar-refractivity contribution is -0.143. The van der Waals surface area contributed by atoms with Gasteiger partial charge in [0.05, 0.1) is 12.0 Å². The Morgan fingerprint density at radius 3 is 2.30 bits per heavy atom. The summed E-state index contributed by atoms with van der Waals surface area (Å²) in [6.45, 7) is -0.0476. The molecule has 0 aromatic heterocycles. The van der Waals surface area contributed by atoms with Gasteiger partial charge in [-0.3, -0.25) is 9.59 Å². The first kappa shape index (κ1) is 14.7. The Kier molecular flexibility index (Phi) is 4.84. The fraction of sp³-hybridized carbons (Fsp3) is 0.467. The average molecular weight is 280 g/mol. The van der Waals surface area contributed by atoms with Crippen LogP contribution in [0.2, 0.25) is 0 Å². The summed E-state index contributed by atoms with van der Waals surface area (Å²) in [5.74, 6) is -1.62. The van der Waals surface area contributed by atoms with Crippen LogP contribution in [0.1, 0.15) is 36.0 Å². The zero-order valence-corrected chi connectivity index (χ0v) is 11.0. The first-order chi connectivity index (χ1) is 9.56. The van der Waals surface area contributed by atoms with Crippen molar-refractivity contribution in [3.05, 3.63) is 35.6 Å². The number of rotatable bonds is 5. The van der Waals surface area contributed by atoms with Crippen molar-refractivity contribution < 1.29 is 23.8 Å². The molecule has 1 fully saturated rings. The van der Waals surface area contributed by atoms with Crippen LogP contribution >= 0.6 is 0 Å². The van der Waals surface area contributed by atoms with Crippen molar-refractivity contribution in [2.75, 3.05) is 6.61 Å². The maximum Gasteiger partial charge on any atom is 0.306 e. The van der Waals surface area contributed by atoms with Gasteiger partial charge in [0.1, 0.15) is 12.4 Å². The molecule has 0 spiro atoms. The van der Waals surface area contributed by atoms with Crippen LogP contribution in [0.5, 0.6) is 0 Å². The molecule has 0 aliphatic heterocycles. The van der Waals surface area contributed by atoms with Gasteiger partial charge in [-0.25, -0.2) is 4.39 Å². The summed E-state index contributed by atoms with van der Waals surface area (Å²) < 4.78 is 18.3. The highest BCUT2D eigenvalue weighted by molar-refractivity contribution is 5.97. The molecule has 4 nitrogen and oxygen atoms in total. The molecule has 0 heterocycles. The molecule has 1 N–H and O–H groups in total. The SMILES string of the molecule is O=C(COC1CCC(C(=O)O)CC1)c1ccc(F)cc1. The fourth-order valence-corrected chi connectivity index (χ4v) is 2.39. The van der Waals surface area contributed by atoms with E-state index in [0.29, 0.717) is 31.2 Å². The molecule has 0 unspecified atom stereocenters. The summed E-state index contributed by atoms with van der Waals surface area (Å²) in [4.78, 5) is 22.6. The maximum absolute atomic E-state index is 12.7. The van der Waals surface area contributed by atoms with Crippen molar-refractivity contribution in [1.29, 1.82) is 0 Å². The second-order valence-electron chi connectivity index (χ2n) is 5.05. The first-order valence-corrected chi connectivity index (χ1v) is 6.69. The van der Waals surface area contributed by atoms with Gasteiger partial charge in [-0.2, -0.15) is 0 Å². The molecule has 1 saturated carbocycles. The number of Topliss-reactive ketones (excluding diaryl/α,β-unsaturated/α-hetero) is 1. The van der Waals surface area contributed by atoms with E-state index in [1.165, 1.54) is 24.3 Å². The number of hydrogen-bond acceptors (Lipinski definition) is 3. The van der Waals surface area contributed by atoms with Crippen molar-refractivity contribution in [2.24, 2.45) is 5.92 Å². The number of hydrogen-bond donors (Lipinski definition) is 1. The minimum atomic E-state index is -0.758. The molecule has 108 valence electrons. The number of ketones is 1. The molecule has 2 rings (SSSR count). The van der Waals surface area contributed by atoms with Crippen LogP contribution in [0.3, 0.4) is 0 Å². The molecule has 0 amide bonds. The van der Waals surface area contributed by atoms with Gasteiger partial charge >= 0.3 is 5.97 Å². The highest BCUT2D eigenvalue weighted by Crippen LogP contribution is 2.26. The van der Waals surface area contributed by atoms with Crippen LogP contribution in [-0.4, -0.2) is 29.6 Å². The zero-order valence-electron chi connectivity index (χ0n) is 11.0. The monoisotopic (exact) mass is 280 g/mol. The predicted molar refractivity (Wildman–Crippen MR) is 70.1 cm³/mol. The van der Waals surface area contributed by atoms with Crippen molar-refractivity contribution in [3.63, 3.8) is 0 Å². The summed E-state index contributed by atoms with van der Waals surface area (Å²) in [6, 6.07) is 5.35. The van der Waals surface area contributed by atoms with E-state index in [1.807, 2.05) is 0 Å². The molecule has 1 aromatic carbocycles. The minimum Gasteiger partial charge on any atom is -0.481 e. The molecule has 0 radical (unpaired) electrons. The molecule has 0 bridgehead atoms. The van der Waals surface area contributed by atoms with Crippen LogP contribution in [-0.2, 0) is 9.53 Å². The lowest BCUT2D eigenvalue weighted by Crippen LogP contribution is -2.27. The summed E-state index contributed by atoms with van der Waals surface area (Å²) in [5, 5.41) is 8.89. The van der Waals surface area contributed by atoms with Crippen molar-refractivity contribution in [2.45, 2.75) is 31.8 Å². The zero-order chi connectivity index (χ0) is 14.5. The first-order valence-electron chi connectivity index (χ1n) is 6.69. The largest absolute Gasteiger partial charge is 0.481 e. The molecule has 1 aromatic rings. The second-order valence-corrected chi connectivity index (χ2v) is 5.05. The number of halogens is 1. The molecule has 0 saturated heterocycles. The van der Waals surface area contributed by atoms with Crippen molar-refractivity contribution in [3.8, 4) is 0 Å². The molecule has 20 heavy (non-hydrogen) atoms. The van der Waals surface area contributed by atoms with E-state index in [2.05, 4.69) is 0 Å². The van der Waals surface area contributed by atoms with Gasteiger partial charge in [0.2, 0.25) is 0 Å². The Labute approximate surface area is 116 Å². The van der Waals surface area contributed by atoms with Gasteiger partial charge in [0, 0.05) is 5.56 Å². The normalized spacial score (nSPS) is 22.4. The molecular formula is C15H17FO4. The highest BCUT2D eigenvalue weighted by atomic mass is 19.1. The Morgan fingerprint density at radius 2 is 1.75 bits per heavy atom. The van der Waals surface area contributed by atoms with Crippen LogP contribution in [0.15, 0.2) is 24.3 Å². The minimum absolute atomic E-state index is 0.0476. The summed E-state index contributed by atoms with van der Waals surface area (Å²) in [5.41, 5.74) is 0.422. The van der Waals surface area contributed by atoms with Gasteiger partial charge in [0.15, 0.2) is 5.78 Å². The maximum atomic E-state index is 12.7. The molecule has 1 aliphatic carbocycles. The Bertz CT molecular complexity index is 475. The van der Waals surface area contributed by atoms with Crippen molar-refractivity contribution in [1.82, 2.24) is 0 Å². The third kappa shape index (κ3) is 3.87. The second kappa shape index (κ2) is 6.61. The van der Waals surface area contributed by atoms with Crippen LogP contribution in [0.25, 0.3) is 0 Å². The van der Waals surface area contributed by atoms with Gasteiger partial charge in [-0.05, 0) is 49.9 Å². The lowest BCUT2D eigenvalue weighted by Gasteiger charge is -2.25. The third-order valence-electron chi connectivity index (χ3n) is 3.64. The van der Waals surface area contributed by atoms with E-state index in [4.69, 9.17) is 9.84 Å². The predicted octanol–water partition coefficient (Wildman–Crippen LogP) is 2.67. The van der Waals surface area contributed by atoms with Crippen LogP contribution < -0.4 is 0 Å². The lowest BCUT2D eigenvalue weighted by atomic mass is 9.87. The summed E-state index contributed by atoms with van der Waals surface area (Å²) in [7, 11) is 0. The third-order valence-corrected chi connectivity index (χ3v) is 3.64. The Morgan fingerprint density at radius 1 is 1.15 bits per heavy atom. The summed E-state index contributed by atoms with van der Waals surface area (Å²) >= 11 is 0. The Balaban J connectivity index is 1.77. The van der Waals surface area contributed by atoms with Crippen molar-refractivity contribution >= 4 is 11.8 Å². The standard InChI is InChI=1S/C15H17FO4/c16-12-5-1-10(2-6-12)14(17)9-20-13-7-3-11(4-8-13)15(18)19/h1-2,5-6,11,13H,3-4,7-9H2,(H,18,19). The van der Waals surface area contributed by atoms with E-state index < -0.39 is 5.97 Å². The van der Waals surface area contributed by atoms with E-state index >= 15 is 0 Å². The van der Waals surface area contributed by atoms with E-state index in [9.17, 15) is 14.0 Å². The van der Waals surface area contributed by atoms with E-state index in [-0.39, 0.29) is 30.2 Å². The number of carboxylic acid groups (broad SMARTS) is 1. The average Bonchev–Trinajstić information content (AvgIpc) is 2.46. The van der Waals surface area contributed by atoms with E-state index in [1.54, 1.807) is 0 Å². The number of carbonyl (C=O) groups excluding carboxylic acids is 1. The number of aliphatic carboxylic acids is 1. The number of benzene rings is 1. The topological polar surface area (TPSA) is 63.6 Å². The highest BCUT2D eigenvalue weighted by Gasteiger charge is 2.26. The summed E-state index contributed by atoms with van der Waals surface area (Å²) in [6.07, 6.45) is 2.44. The number of carboxylic acids is 1. The number of carbonyl (C=O) groups is 2. The van der Waals surface area contributed by atoms with E-state index in [0.717, 1.165) is 0 Å². The van der Waals surface area contributed by atoms with Gasteiger partial charge in [-0.15, -0.1) is 0 Å². The molecule has 1 aliphatic rings. The number of ether oxygens (including phenoxy) is 1. The van der Waals surface area contributed by atoms with Gasteiger partial charge in [-0.1, -0.05) is 0 Å². The quantitative estimate of drug-likeness (QED) is 0.842. The smallest absolute Gasteiger partial charge is 0.306 e.